The Bertz CT molecular complexity index is 972. The minimum absolute atomic E-state index is 0.0319. The SMILES string of the molecule is O=C(Nc1cccc(C(F)(F)F)c1)c1cncc(NCc2ccc(F)cc2)c1. The van der Waals surface area contributed by atoms with Gasteiger partial charge in [0.2, 0.25) is 0 Å². The van der Waals surface area contributed by atoms with Gasteiger partial charge in [0.15, 0.2) is 0 Å². The highest BCUT2D eigenvalue weighted by atomic mass is 19.4. The van der Waals surface area contributed by atoms with Crippen molar-refractivity contribution in [2.45, 2.75) is 12.7 Å². The van der Waals surface area contributed by atoms with Crippen LogP contribution in [-0.2, 0) is 12.7 Å². The molecule has 0 aliphatic heterocycles. The number of hydrogen-bond donors (Lipinski definition) is 2. The van der Waals surface area contributed by atoms with Crippen LogP contribution in [0.15, 0.2) is 67.0 Å². The van der Waals surface area contributed by atoms with E-state index < -0.39 is 17.6 Å². The van der Waals surface area contributed by atoms with Crippen LogP contribution in [0.1, 0.15) is 21.5 Å². The first-order chi connectivity index (χ1) is 13.3. The quantitative estimate of drug-likeness (QED) is 0.597. The lowest BCUT2D eigenvalue weighted by Crippen LogP contribution is -2.14. The van der Waals surface area contributed by atoms with Crippen LogP contribution in [0.3, 0.4) is 0 Å². The largest absolute Gasteiger partial charge is 0.416 e. The molecule has 0 aliphatic carbocycles. The second kappa shape index (κ2) is 8.08. The molecular weight excluding hydrogens is 374 g/mol. The zero-order chi connectivity index (χ0) is 20.1. The third kappa shape index (κ3) is 5.06. The summed E-state index contributed by atoms with van der Waals surface area (Å²) in [5, 5.41) is 5.48. The lowest BCUT2D eigenvalue weighted by molar-refractivity contribution is -0.137. The van der Waals surface area contributed by atoms with Crippen molar-refractivity contribution in [3.63, 3.8) is 0 Å². The smallest absolute Gasteiger partial charge is 0.380 e. The number of anilines is 2. The van der Waals surface area contributed by atoms with Crippen molar-refractivity contribution in [2.75, 3.05) is 10.6 Å². The third-order valence-corrected chi connectivity index (χ3v) is 3.86. The molecule has 4 nitrogen and oxygen atoms in total. The molecule has 0 fully saturated rings. The molecule has 28 heavy (non-hydrogen) atoms. The molecule has 3 aromatic rings. The normalized spacial score (nSPS) is 11.1. The molecule has 2 aromatic carbocycles. The Kier molecular flexibility index (Phi) is 5.58. The predicted molar refractivity (Wildman–Crippen MR) is 97.4 cm³/mol. The molecule has 0 saturated heterocycles. The van der Waals surface area contributed by atoms with Crippen LogP contribution in [0.5, 0.6) is 0 Å². The van der Waals surface area contributed by atoms with Gasteiger partial charge in [0.25, 0.3) is 5.91 Å². The molecule has 144 valence electrons. The summed E-state index contributed by atoms with van der Waals surface area (Å²) in [5.41, 5.74) is 0.741. The lowest BCUT2D eigenvalue weighted by atomic mass is 10.2. The number of amides is 1. The number of halogens is 4. The standard InChI is InChI=1S/C20H15F4N3O/c21-16-6-4-13(5-7-16)10-26-18-8-14(11-25-12-18)19(28)27-17-3-1-2-15(9-17)20(22,23)24/h1-9,11-12,26H,10H2,(H,27,28). The topological polar surface area (TPSA) is 54.0 Å². The molecular formula is C20H15F4N3O. The minimum atomic E-state index is -4.49. The van der Waals surface area contributed by atoms with Crippen molar-refractivity contribution < 1.29 is 22.4 Å². The van der Waals surface area contributed by atoms with Gasteiger partial charge in [-0.3, -0.25) is 9.78 Å². The minimum Gasteiger partial charge on any atom is -0.380 e. The molecule has 0 spiro atoms. The van der Waals surface area contributed by atoms with Crippen molar-refractivity contribution in [1.29, 1.82) is 0 Å². The molecule has 8 heteroatoms. The van der Waals surface area contributed by atoms with E-state index in [0.717, 1.165) is 17.7 Å². The number of hydrogen-bond acceptors (Lipinski definition) is 3. The highest BCUT2D eigenvalue weighted by molar-refractivity contribution is 6.04. The number of carbonyl (C=O) groups excluding carboxylic acids is 1. The number of nitrogens with one attached hydrogen (secondary N) is 2. The maximum atomic E-state index is 12.9. The summed E-state index contributed by atoms with van der Waals surface area (Å²) in [5.74, 6) is -0.920. The Morgan fingerprint density at radius 1 is 0.964 bits per heavy atom. The van der Waals surface area contributed by atoms with Crippen molar-refractivity contribution in [1.82, 2.24) is 4.98 Å². The van der Waals surface area contributed by atoms with Crippen LogP contribution < -0.4 is 10.6 Å². The van der Waals surface area contributed by atoms with Crippen molar-refractivity contribution in [2.24, 2.45) is 0 Å². The van der Waals surface area contributed by atoms with Gasteiger partial charge in [-0.25, -0.2) is 4.39 Å². The van der Waals surface area contributed by atoms with Crippen LogP contribution in [-0.4, -0.2) is 10.9 Å². The van der Waals surface area contributed by atoms with E-state index >= 15 is 0 Å². The molecule has 0 saturated carbocycles. The highest BCUT2D eigenvalue weighted by Crippen LogP contribution is 2.30. The van der Waals surface area contributed by atoms with Gasteiger partial charge in [0.1, 0.15) is 5.82 Å². The number of benzene rings is 2. The average Bonchev–Trinajstić information content (AvgIpc) is 2.67. The van der Waals surface area contributed by atoms with E-state index in [9.17, 15) is 22.4 Å². The first kappa shape index (κ1) is 19.3. The van der Waals surface area contributed by atoms with Crippen LogP contribution in [0.2, 0.25) is 0 Å². The van der Waals surface area contributed by atoms with Crippen LogP contribution in [0.25, 0.3) is 0 Å². The molecule has 3 rings (SSSR count). The number of alkyl halides is 3. The van der Waals surface area contributed by atoms with Crippen molar-refractivity contribution in [3.05, 3.63) is 89.5 Å². The van der Waals surface area contributed by atoms with E-state index in [1.807, 2.05) is 0 Å². The Morgan fingerprint density at radius 3 is 2.43 bits per heavy atom. The van der Waals surface area contributed by atoms with Crippen LogP contribution in [0, 0.1) is 5.82 Å². The van der Waals surface area contributed by atoms with Gasteiger partial charge >= 0.3 is 6.18 Å². The third-order valence-electron chi connectivity index (χ3n) is 3.86. The highest BCUT2D eigenvalue weighted by Gasteiger charge is 2.30. The zero-order valence-corrected chi connectivity index (χ0v) is 14.4. The molecule has 1 amide bonds. The number of rotatable bonds is 5. The van der Waals surface area contributed by atoms with Gasteiger partial charge < -0.3 is 10.6 Å². The zero-order valence-electron chi connectivity index (χ0n) is 14.4. The van der Waals surface area contributed by atoms with E-state index in [4.69, 9.17) is 0 Å². The number of pyridine rings is 1. The predicted octanol–water partition coefficient (Wildman–Crippen LogP) is 5.10. The van der Waals surface area contributed by atoms with Crippen LogP contribution in [0.4, 0.5) is 28.9 Å². The molecule has 1 heterocycles. The molecule has 0 unspecified atom stereocenters. The fourth-order valence-corrected chi connectivity index (χ4v) is 2.44. The Labute approximate surface area is 158 Å². The van der Waals surface area contributed by atoms with Gasteiger partial charge in [0, 0.05) is 24.6 Å². The average molecular weight is 389 g/mol. The summed E-state index contributed by atoms with van der Waals surface area (Å²) in [6.07, 6.45) is -1.68. The molecule has 0 aliphatic rings. The Balaban J connectivity index is 1.67. The molecule has 0 atom stereocenters. The van der Waals surface area contributed by atoms with Crippen molar-refractivity contribution in [3.8, 4) is 0 Å². The van der Waals surface area contributed by atoms with E-state index in [0.29, 0.717) is 12.2 Å². The molecule has 2 N–H and O–H groups in total. The lowest BCUT2D eigenvalue weighted by Gasteiger charge is -2.11. The fourth-order valence-electron chi connectivity index (χ4n) is 2.44. The second-order valence-corrected chi connectivity index (χ2v) is 5.97. The maximum absolute atomic E-state index is 12.9. The number of nitrogens with zero attached hydrogens (tertiary/aromatic N) is 1. The summed E-state index contributed by atoms with van der Waals surface area (Å²) in [6, 6.07) is 11.8. The van der Waals surface area contributed by atoms with E-state index in [-0.39, 0.29) is 17.1 Å². The Hall–Kier alpha value is -3.42. The van der Waals surface area contributed by atoms with Crippen LogP contribution >= 0.6 is 0 Å². The van der Waals surface area contributed by atoms with Gasteiger partial charge in [-0.15, -0.1) is 0 Å². The maximum Gasteiger partial charge on any atom is 0.416 e. The molecule has 0 bridgehead atoms. The Morgan fingerprint density at radius 2 is 1.71 bits per heavy atom. The van der Waals surface area contributed by atoms with Crippen molar-refractivity contribution >= 4 is 17.3 Å². The first-order valence-electron chi connectivity index (χ1n) is 8.23. The molecule has 1 aromatic heterocycles. The van der Waals surface area contributed by atoms with E-state index in [2.05, 4.69) is 15.6 Å². The second-order valence-electron chi connectivity index (χ2n) is 5.97. The van der Waals surface area contributed by atoms with Gasteiger partial charge in [-0.2, -0.15) is 13.2 Å². The van der Waals surface area contributed by atoms with Gasteiger partial charge in [-0.05, 0) is 42.0 Å². The monoisotopic (exact) mass is 389 g/mol. The van der Waals surface area contributed by atoms with E-state index in [1.54, 1.807) is 12.1 Å². The number of carbonyl (C=O) groups is 1. The summed E-state index contributed by atoms with van der Waals surface area (Å²) in [4.78, 5) is 16.3. The summed E-state index contributed by atoms with van der Waals surface area (Å²) in [7, 11) is 0. The number of aromatic nitrogens is 1. The first-order valence-corrected chi connectivity index (χ1v) is 8.23. The molecule has 0 radical (unpaired) electrons. The van der Waals surface area contributed by atoms with E-state index in [1.165, 1.54) is 42.7 Å². The summed E-state index contributed by atoms with van der Waals surface area (Å²) < 4.78 is 51.3. The summed E-state index contributed by atoms with van der Waals surface area (Å²) >= 11 is 0. The fraction of sp³-hybridized carbons (Fsp3) is 0.100. The van der Waals surface area contributed by atoms with Gasteiger partial charge in [0.05, 0.1) is 16.8 Å². The summed E-state index contributed by atoms with van der Waals surface area (Å²) in [6.45, 7) is 0.390. The van der Waals surface area contributed by atoms with Gasteiger partial charge in [-0.1, -0.05) is 18.2 Å².